The van der Waals surface area contributed by atoms with E-state index in [1.807, 2.05) is 0 Å². The highest BCUT2D eigenvalue weighted by Crippen LogP contribution is 2.36. The van der Waals surface area contributed by atoms with Gasteiger partial charge in [-0.05, 0) is 48.8 Å². The van der Waals surface area contributed by atoms with Crippen molar-refractivity contribution < 1.29 is 0 Å². The van der Waals surface area contributed by atoms with E-state index in [0.29, 0.717) is 5.92 Å². The number of rotatable bonds is 0. The molecule has 0 saturated heterocycles. The molecule has 21 heavy (non-hydrogen) atoms. The number of hydrogen-bond donors (Lipinski definition) is 0. The first-order valence-electron chi connectivity index (χ1n) is 7.37. The largest absolute Gasteiger partial charge is 0.0911 e. The van der Waals surface area contributed by atoms with Gasteiger partial charge < -0.3 is 0 Å². The lowest BCUT2D eigenvalue weighted by Gasteiger charge is -2.22. The van der Waals surface area contributed by atoms with Crippen LogP contribution in [0.4, 0.5) is 0 Å². The Bertz CT molecular complexity index is 1150. The summed E-state index contributed by atoms with van der Waals surface area (Å²) >= 11 is 0. The summed E-state index contributed by atoms with van der Waals surface area (Å²) in [4.78, 5) is 0. The lowest BCUT2D eigenvalue weighted by molar-refractivity contribution is 1.10. The SMILES string of the molecule is C=c1cc2cccc3c2c2c1=c1ccccc1=CC2C=C3. The molecule has 2 aliphatic carbocycles. The van der Waals surface area contributed by atoms with E-state index in [9.17, 15) is 0 Å². The Hall–Kier alpha value is -2.60. The van der Waals surface area contributed by atoms with Crippen molar-refractivity contribution in [1.29, 1.82) is 0 Å². The Morgan fingerprint density at radius 1 is 0.952 bits per heavy atom. The molecule has 0 aromatic heterocycles. The smallest absolute Gasteiger partial charge is 0.0223 e. The van der Waals surface area contributed by atoms with E-state index in [1.165, 1.54) is 37.6 Å². The van der Waals surface area contributed by atoms with Crippen LogP contribution in [0.15, 0.2) is 54.6 Å². The molecule has 0 amide bonds. The van der Waals surface area contributed by atoms with E-state index in [2.05, 4.69) is 73.3 Å². The molecule has 0 nitrogen and oxygen atoms in total. The van der Waals surface area contributed by atoms with Crippen LogP contribution in [0.25, 0.3) is 29.5 Å². The molecule has 0 heterocycles. The fourth-order valence-corrected chi connectivity index (χ4v) is 3.87. The molecule has 0 radical (unpaired) electrons. The molecule has 1 unspecified atom stereocenters. The summed E-state index contributed by atoms with van der Waals surface area (Å²) in [5.74, 6) is 0.369. The molecule has 0 N–H and O–H groups in total. The van der Waals surface area contributed by atoms with Gasteiger partial charge in [-0.1, -0.05) is 67.3 Å². The summed E-state index contributed by atoms with van der Waals surface area (Å²) in [6.07, 6.45) is 6.95. The molecule has 1 atom stereocenters. The van der Waals surface area contributed by atoms with E-state index in [4.69, 9.17) is 0 Å². The third-order valence-corrected chi connectivity index (χ3v) is 4.72. The van der Waals surface area contributed by atoms with Gasteiger partial charge >= 0.3 is 0 Å². The van der Waals surface area contributed by atoms with Crippen molar-refractivity contribution in [3.05, 3.63) is 86.6 Å². The molecule has 0 aliphatic heterocycles. The minimum absolute atomic E-state index is 0.369. The first-order valence-corrected chi connectivity index (χ1v) is 7.37. The minimum atomic E-state index is 0.369. The lowest BCUT2D eigenvalue weighted by atomic mass is 9.81. The summed E-state index contributed by atoms with van der Waals surface area (Å²) < 4.78 is 0. The first-order chi connectivity index (χ1) is 10.3. The Morgan fingerprint density at radius 3 is 2.81 bits per heavy atom. The zero-order valence-corrected chi connectivity index (χ0v) is 11.6. The van der Waals surface area contributed by atoms with E-state index < -0.39 is 0 Å². The minimum Gasteiger partial charge on any atom is -0.0911 e. The Balaban J connectivity index is 2.25. The summed E-state index contributed by atoms with van der Waals surface area (Å²) in [6.45, 7) is 4.33. The lowest BCUT2D eigenvalue weighted by Crippen LogP contribution is -2.19. The highest BCUT2D eigenvalue weighted by molar-refractivity contribution is 5.97. The molecule has 98 valence electrons. The van der Waals surface area contributed by atoms with E-state index >= 15 is 0 Å². The predicted octanol–water partition coefficient (Wildman–Crippen LogP) is 3.44. The van der Waals surface area contributed by atoms with Crippen molar-refractivity contribution in [3.8, 4) is 0 Å². The first kappa shape index (κ1) is 11.1. The maximum absolute atomic E-state index is 4.33. The number of benzene rings is 3. The molecule has 3 aromatic rings. The van der Waals surface area contributed by atoms with E-state index in [-0.39, 0.29) is 0 Å². The van der Waals surface area contributed by atoms with E-state index in [0.717, 1.165) is 5.22 Å². The Morgan fingerprint density at radius 2 is 1.86 bits per heavy atom. The summed E-state index contributed by atoms with van der Waals surface area (Å²) in [6, 6.07) is 17.4. The maximum Gasteiger partial charge on any atom is 0.0223 e. The monoisotopic (exact) mass is 266 g/mol. The molecule has 0 bridgehead atoms. The average molecular weight is 266 g/mol. The second-order valence-electron chi connectivity index (χ2n) is 5.91. The Kier molecular flexibility index (Phi) is 1.97. The van der Waals surface area contributed by atoms with Crippen molar-refractivity contribution in [2.24, 2.45) is 0 Å². The van der Waals surface area contributed by atoms with Crippen molar-refractivity contribution in [2.45, 2.75) is 5.92 Å². The molecule has 0 fully saturated rings. The molecule has 5 rings (SSSR count). The molecular weight excluding hydrogens is 252 g/mol. The van der Waals surface area contributed by atoms with Crippen LogP contribution in [-0.2, 0) is 0 Å². The fourth-order valence-electron chi connectivity index (χ4n) is 3.87. The van der Waals surface area contributed by atoms with Gasteiger partial charge in [-0.15, -0.1) is 0 Å². The van der Waals surface area contributed by atoms with E-state index in [1.54, 1.807) is 0 Å². The van der Waals surface area contributed by atoms with Gasteiger partial charge in [0.2, 0.25) is 0 Å². The molecule has 0 spiro atoms. The van der Waals surface area contributed by atoms with Gasteiger partial charge in [-0.25, -0.2) is 0 Å². The molecular formula is C21H14. The predicted molar refractivity (Wildman–Crippen MR) is 89.1 cm³/mol. The quantitative estimate of drug-likeness (QED) is 0.584. The van der Waals surface area contributed by atoms with Crippen molar-refractivity contribution >= 4 is 29.5 Å². The van der Waals surface area contributed by atoms with Gasteiger partial charge in [0.1, 0.15) is 0 Å². The van der Waals surface area contributed by atoms with Crippen LogP contribution in [0.3, 0.4) is 0 Å². The van der Waals surface area contributed by atoms with Crippen LogP contribution in [0, 0.1) is 10.4 Å². The third kappa shape index (κ3) is 1.34. The van der Waals surface area contributed by atoms with Gasteiger partial charge in [-0.3, -0.25) is 0 Å². The number of hydrogen-bond acceptors (Lipinski definition) is 0. The van der Waals surface area contributed by atoms with Crippen LogP contribution in [0.1, 0.15) is 17.0 Å². The van der Waals surface area contributed by atoms with Crippen LogP contribution in [0.5, 0.6) is 0 Å². The zero-order valence-electron chi connectivity index (χ0n) is 11.6. The molecule has 0 saturated carbocycles. The zero-order chi connectivity index (χ0) is 14.0. The standard InChI is InChI=1S/C21H14/c1-13-11-16-7-4-6-14-9-10-17-12-15-5-2-3-8-18(15)19(13)21(17)20(14)16/h2-12,17H,1H2. The fraction of sp³-hybridized carbons (Fsp3) is 0.0476. The second-order valence-corrected chi connectivity index (χ2v) is 5.91. The summed E-state index contributed by atoms with van der Waals surface area (Å²) in [5, 5.41) is 7.82. The average Bonchev–Trinajstić information content (AvgIpc) is 2.52. The van der Waals surface area contributed by atoms with Crippen molar-refractivity contribution in [3.63, 3.8) is 0 Å². The van der Waals surface area contributed by atoms with Crippen molar-refractivity contribution in [1.82, 2.24) is 0 Å². The second kappa shape index (κ2) is 3.73. The summed E-state index contributed by atoms with van der Waals surface area (Å²) in [5.41, 5.74) is 2.77. The van der Waals surface area contributed by atoms with Gasteiger partial charge in [0.25, 0.3) is 0 Å². The topological polar surface area (TPSA) is 0 Å². The van der Waals surface area contributed by atoms with Crippen LogP contribution >= 0.6 is 0 Å². The third-order valence-electron chi connectivity index (χ3n) is 4.72. The van der Waals surface area contributed by atoms with Crippen LogP contribution in [0.2, 0.25) is 0 Å². The Labute approximate surface area is 122 Å². The number of allylic oxidation sites excluding steroid dienone is 1. The van der Waals surface area contributed by atoms with Crippen LogP contribution in [-0.4, -0.2) is 0 Å². The maximum atomic E-state index is 4.33. The number of fused-ring (bicyclic) bond motifs is 1. The highest BCUT2D eigenvalue weighted by Gasteiger charge is 2.20. The molecule has 0 heteroatoms. The van der Waals surface area contributed by atoms with Gasteiger partial charge in [0.05, 0.1) is 0 Å². The van der Waals surface area contributed by atoms with Crippen molar-refractivity contribution in [2.75, 3.05) is 0 Å². The molecule has 3 aromatic carbocycles. The normalized spacial score (nSPS) is 17.4. The summed E-state index contributed by atoms with van der Waals surface area (Å²) in [7, 11) is 0. The van der Waals surface area contributed by atoms with Gasteiger partial charge in [-0.2, -0.15) is 0 Å². The van der Waals surface area contributed by atoms with Gasteiger partial charge in [0, 0.05) is 5.92 Å². The van der Waals surface area contributed by atoms with Crippen LogP contribution < -0.4 is 10.4 Å². The molecule has 2 aliphatic rings. The highest BCUT2D eigenvalue weighted by atomic mass is 14.2. The van der Waals surface area contributed by atoms with Gasteiger partial charge in [0.15, 0.2) is 0 Å².